The van der Waals surface area contributed by atoms with Gasteiger partial charge in [0, 0.05) is 17.3 Å². The van der Waals surface area contributed by atoms with E-state index in [1.807, 2.05) is 18.4 Å². The van der Waals surface area contributed by atoms with Gasteiger partial charge in [-0.25, -0.2) is 0 Å². The second-order valence-electron chi connectivity index (χ2n) is 4.68. The third-order valence-electron chi connectivity index (χ3n) is 3.07. The van der Waals surface area contributed by atoms with Crippen molar-refractivity contribution in [2.45, 2.75) is 37.6 Å². The molecule has 3 nitrogen and oxygen atoms in total. The van der Waals surface area contributed by atoms with E-state index in [0.29, 0.717) is 11.8 Å². The Morgan fingerprint density at radius 3 is 2.33 bits per heavy atom. The number of phenolic OH excluding ortho intramolecular Hbond substituents is 1. The van der Waals surface area contributed by atoms with E-state index in [1.165, 1.54) is 5.56 Å². The topological polar surface area (TPSA) is 52.5 Å². The molecule has 0 aliphatic rings. The molecule has 3 N–H and O–H groups in total. The van der Waals surface area contributed by atoms with Crippen molar-refractivity contribution in [3.05, 3.63) is 29.8 Å². The summed E-state index contributed by atoms with van der Waals surface area (Å²) >= 11 is 1.68. The lowest BCUT2D eigenvalue weighted by Gasteiger charge is -2.25. The molecule has 3 atom stereocenters. The van der Waals surface area contributed by atoms with E-state index in [1.54, 1.807) is 23.9 Å². The monoisotopic (exact) mass is 269 g/mol. The fourth-order valence-corrected chi connectivity index (χ4v) is 2.67. The van der Waals surface area contributed by atoms with Gasteiger partial charge in [0.1, 0.15) is 5.75 Å². The number of phenols is 1. The minimum Gasteiger partial charge on any atom is -0.508 e. The lowest BCUT2D eigenvalue weighted by atomic mass is 10.1. The van der Waals surface area contributed by atoms with Gasteiger partial charge in [-0.3, -0.25) is 0 Å². The van der Waals surface area contributed by atoms with Crippen molar-refractivity contribution in [2.24, 2.45) is 0 Å². The summed E-state index contributed by atoms with van der Waals surface area (Å²) in [5.41, 5.74) is 1.20. The normalized spacial score (nSPS) is 16.2. The van der Waals surface area contributed by atoms with E-state index in [4.69, 9.17) is 0 Å². The van der Waals surface area contributed by atoms with Crippen LogP contribution in [0.4, 0.5) is 0 Å². The molecule has 0 radical (unpaired) electrons. The highest BCUT2D eigenvalue weighted by atomic mass is 32.2. The van der Waals surface area contributed by atoms with Gasteiger partial charge in [-0.15, -0.1) is 0 Å². The average Bonchev–Trinajstić information content (AvgIpc) is 2.33. The van der Waals surface area contributed by atoms with E-state index >= 15 is 0 Å². The van der Waals surface area contributed by atoms with Gasteiger partial charge >= 0.3 is 0 Å². The van der Waals surface area contributed by atoms with E-state index in [2.05, 4.69) is 19.2 Å². The van der Waals surface area contributed by atoms with Crippen LogP contribution < -0.4 is 5.32 Å². The molecule has 18 heavy (non-hydrogen) atoms. The lowest BCUT2D eigenvalue weighted by molar-refractivity contribution is 0.271. The maximum absolute atomic E-state index is 9.24. The lowest BCUT2D eigenvalue weighted by Crippen LogP contribution is -2.43. The minimum atomic E-state index is 0.196. The van der Waals surface area contributed by atoms with Gasteiger partial charge in [-0.1, -0.05) is 12.1 Å². The molecule has 1 aromatic rings. The Labute approximate surface area is 114 Å². The van der Waals surface area contributed by atoms with Crippen molar-refractivity contribution < 1.29 is 10.2 Å². The van der Waals surface area contributed by atoms with Gasteiger partial charge < -0.3 is 15.5 Å². The molecule has 4 heteroatoms. The Balaban J connectivity index is 2.45. The number of rotatable bonds is 7. The summed E-state index contributed by atoms with van der Waals surface area (Å²) in [4.78, 5) is 0. The van der Waals surface area contributed by atoms with Gasteiger partial charge in [0.25, 0.3) is 0 Å². The number of hydrogen-bond acceptors (Lipinski definition) is 4. The largest absolute Gasteiger partial charge is 0.508 e. The van der Waals surface area contributed by atoms with Crippen LogP contribution in [0.15, 0.2) is 24.3 Å². The molecule has 0 aliphatic carbocycles. The van der Waals surface area contributed by atoms with E-state index in [-0.39, 0.29) is 17.9 Å². The van der Waals surface area contributed by atoms with Crippen LogP contribution in [0.5, 0.6) is 5.75 Å². The number of benzene rings is 1. The molecule has 0 saturated carbocycles. The Morgan fingerprint density at radius 1 is 1.22 bits per heavy atom. The van der Waals surface area contributed by atoms with E-state index in [0.717, 1.165) is 6.42 Å². The minimum absolute atomic E-state index is 0.196. The number of aliphatic hydroxyl groups is 1. The molecule has 0 amide bonds. The predicted molar refractivity (Wildman–Crippen MR) is 78.3 cm³/mol. The molecule has 0 aliphatic heterocycles. The average molecular weight is 269 g/mol. The van der Waals surface area contributed by atoms with Crippen LogP contribution in [0.3, 0.4) is 0 Å². The fraction of sp³-hybridized carbons (Fsp3) is 0.571. The van der Waals surface area contributed by atoms with Crippen LogP contribution in [0, 0.1) is 0 Å². The summed E-state index contributed by atoms with van der Waals surface area (Å²) in [6.07, 6.45) is 2.93. The molecular weight excluding hydrogens is 246 g/mol. The zero-order valence-corrected chi connectivity index (χ0v) is 12.1. The number of aliphatic hydroxyl groups excluding tert-OH is 1. The first-order valence-electron chi connectivity index (χ1n) is 6.24. The quantitative estimate of drug-likeness (QED) is 0.709. The number of aromatic hydroxyl groups is 1. The molecule has 0 bridgehead atoms. The number of hydrogen-bond donors (Lipinski definition) is 3. The summed E-state index contributed by atoms with van der Waals surface area (Å²) < 4.78 is 0. The van der Waals surface area contributed by atoms with Crippen LogP contribution >= 0.6 is 11.8 Å². The Bertz CT molecular complexity index is 338. The van der Waals surface area contributed by atoms with Crippen molar-refractivity contribution in [3.8, 4) is 5.75 Å². The molecular formula is C14H23NO2S. The van der Waals surface area contributed by atoms with Crippen molar-refractivity contribution >= 4 is 11.8 Å². The molecule has 0 heterocycles. The summed E-state index contributed by atoms with van der Waals surface area (Å²) in [6.45, 7) is 4.43. The van der Waals surface area contributed by atoms with Crippen molar-refractivity contribution in [3.63, 3.8) is 0 Å². The molecule has 102 valence electrons. The second kappa shape index (κ2) is 7.67. The van der Waals surface area contributed by atoms with Crippen LogP contribution in [0.25, 0.3) is 0 Å². The highest BCUT2D eigenvalue weighted by molar-refractivity contribution is 7.99. The third-order valence-corrected chi connectivity index (χ3v) is 4.23. The first-order valence-corrected chi connectivity index (χ1v) is 7.53. The first-order chi connectivity index (χ1) is 8.56. The highest BCUT2D eigenvalue weighted by Crippen LogP contribution is 2.14. The van der Waals surface area contributed by atoms with Crippen LogP contribution in [0.2, 0.25) is 0 Å². The van der Waals surface area contributed by atoms with Crippen molar-refractivity contribution in [1.29, 1.82) is 0 Å². The zero-order chi connectivity index (χ0) is 13.5. The van der Waals surface area contributed by atoms with Gasteiger partial charge in [0.05, 0.1) is 6.61 Å². The van der Waals surface area contributed by atoms with Crippen LogP contribution in [0.1, 0.15) is 19.4 Å². The van der Waals surface area contributed by atoms with Gasteiger partial charge in [-0.2, -0.15) is 11.8 Å². The summed E-state index contributed by atoms with van der Waals surface area (Å²) in [5, 5.41) is 22.2. The summed E-state index contributed by atoms with van der Waals surface area (Å²) in [5.74, 6) is 0.301. The molecule has 1 aromatic carbocycles. The molecule has 3 unspecified atom stereocenters. The summed E-state index contributed by atoms with van der Waals surface area (Å²) in [6, 6.07) is 7.92. The highest BCUT2D eigenvalue weighted by Gasteiger charge is 2.17. The van der Waals surface area contributed by atoms with E-state index in [9.17, 15) is 10.2 Å². The second-order valence-corrected chi connectivity index (χ2v) is 5.76. The molecule has 0 fully saturated rings. The first kappa shape index (κ1) is 15.3. The van der Waals surface area contributed by atoms with Crippen LogP contribution in [-0.4, -0.2) is 40.4 Å². The van der Waals surface area contributed by atoms with Crippen molar-refractivity contribution in [1.82, 2.24) is 5.32 Å². The van der Waals surface area contributed by atoms with Gasteiger partial charge in [0.15, 0.2) is 0 Å². The van der Waals surface area contributed by atoms with Gasteiger partial charge in [-0.05, 0) is 44.2 Å². The Hall–Kier alpha value is -0.710. The third kappa shape index (κ3) is 4.88. The van der Waals surface area contributed by atoms with Crippen molar-refractivity contribution in [2.75, 3.05) is 12.9 Å². The predicted octanol–water partition coefficient (Wildman–Crippen LogP) is 2.03. The summed E-state index contributed by atoms with van der Waals surface area (Å²) in [7, 11) is 0. The molecule has 1 rings (SSSR count). The van der Waals surface area contributed by atoms with E-state index < -0.39 is 0 Å². The zero-order valence-electron chi connectivity index (χ0n) is 11.3. The molecule has 0 spiro atoms. The standard InChI is InChI=1S/C14H23NO2S/c1-10(15-11(2)14(9-16)18-3)8-12-4-6-13(17)7-5-12/h4-7,10-11,14-17H,8-9H2,1-3H3. The smallest absolute Gasteiger partial charge is 0.115 e. The fourth-order valence-electron chi connectivity index (χ4n) is 2.04. The SMILES string of the molecule is CSC(CO)C(C)NC(C)Cc1ccc(O)cc1. The Kier molecular flexibility index (Phi) is 6.54. The van der Waals surface area contributed by atoms with Crippen LogP contribution in [-0.2, 0) is 6.42 Å². The van der Waals surface area contributed by atoms with Gasteiger partial charge in [0.2, 0.25) is 0 Å². The number of nitrogens with one attached hydrogen (secondary N) is 1. The maximum atomic E-state index is 9.24. The molecule has 0 saturated heterocycles. The Morgan fingerprint density at radius 2 is 1.83 bits per heavy atom. The maximum Gasteiger partial charge on any atom is 0.115 e. The number of thioether (sulfide) groups is 1. The molecule has 0 aromatic heterocycles.